The molecule has 0 saturated carbocycles. The summed E-state index contributed by atoms with van der Waals surface area (Å²) in [7, 11) is 0. The molecule has 0 spiro atoms. The number of halogens is 1. The molecular formula is C22H28BrNO3. The number of aryl methyl sites for hydroxylation is 1. The highest BCUT2D eigenvalue weighted by atomic mass is 79.9. The normalized spacial score (nSPS) is 18.0. The summed E-state index contributed by atoms with van der Waals surface area (Å²) in [5, 5.41) is 10.5. The summed E-state index contributed by atoms with van der Waals surface area (Å²) in [6, 6.07) is 16.3. The number of ether oxygens (including phenoxy) is 2. The van der Waals surface area contributed by atoms with Gasteiger partial charge in [0.2, 0.25) is 0 Å². The van der Waals surface area contributed by atoms with Gasteiger partial charge in [-0.2, -0.15) is 0 Å². The van der Waals surface area contributed by atoms with Gasteiger partial charge in [0.05, 0.1) is 10.6 Å². The van der Waals surface area contributed by atoms with Crippen molar-refractivity contribution in [2.45, 2.75) is 38.5 Å². The first-order valence-corrected chi connectivity index (χ1v) is 10.3. The van der Waals surface area contributed by atoms with Crippen molar-refractivity contribution in [3.63, 3.8) is 0 Å². The van der Waals surface area contributed by atoms with Crippen LogP contribution in [0.15, 0.2) is 53.0 Å². The van der Waals surface area contributed by atoms with Crippen molar-refractivity contribution in [3.8, 4) is 5.75 Å². The van der Waals surface area contributed by atoms with Gasteiger partial charge in [-0.1, -0.05) is 42.0 Å². The van der Waals surface area contributed by atoms with E-state index in [1.165, 1.54) is 11.1 Å². The van der Waals surface area contributed by atoms with Crippen molar-refractivity contribution in [1.82, 2.24) is 4.90 Å². The second kappa shape index (κ2) is 10.2. The molecule has 1 aliphatic heterocycles. The van der Waals surface area contributed by atoms with E-state index in [4.69, 9.17) is 9.47 Å². The van der Waals surface area contributed by atoms with Gasteiger partial charge >= 0.3 is 0 Å². The Morgan fingerprint density at radius 1 is 1.22 bits per heavy atom. The van der Waals surface area contributed by atoms with Gasteiger partial charge in [-0.25, -0.2) is 0 Å². The number of aliphatic hydroxyl groups is 1. The van der Waals surface area contributed by atoms with Crippen molar-refractivity contribution in [2.24, 2.45) is 0 Å². The Morgan fingerprint density at radius 2 is 2.00 bits per heavy atom. The van der Waals surface area contributed by atoms with Gasteiger partial charge in [-0.05, 0) is 53.4 Å². The van der Waals surface area contributed by atoms with E-state index in [-0.39, 0.29) is 12.7 Å². The molecule has 1 aliphatic rings. The molecule has 1 saturated heterocycles. The predicted octanol–water partition coefficient (Wildman–Crippen LogP) is 4.18. The highest BCUT2D eigenvalue weighted by Crippen LogP contribution is 2.24. The summed E-state index contributed by atoms with van der Waals surface area (Å²) in [4.78, 5) is 2.27. The average Bonchev–Trinajstić information content (AvgIpc) is 3.16. The van der Waals surface area contributed by atoms with E-state index >= 15 is 0 Å². The minimum absolute atomic E-state index is 0.256. The highest BCUT2D eigenvalue weighted by Gasteiger charge is 2.21. The van der Waals surface area contributed by atoms with Crippen LogP contribution in [0.5, 0.6) is 5.75 Å². The maximum atomic E-state index is 10.5. The molecule has 0 amide bonds. The molecule has 2 atom stereocenters. The van der Waals surface area contributed by atoms with Crippen molar-refractivity contribution in [1.29, 1.82) is 0 Å². The summed E-state index contributed by atoms with van der Waals surface area (Å²) in [6.45, 7) is 5.39. The van der Waals surface area contributed by atoms with Crippen LogP contribution in [0.1, 0.15) is 24.0 Å². The van der Waals surface area contributed by atoms with Crippen LogP contribution in [0.4, 0.5) is 0 Å². The van der Waals surface area contributed by atoms with Crippen LogP contribution in [0, 0.1) is 6.92 Å². The zero-order chi connectivity index (χ0) is 19.1. The lowest BCUT2D eigenvalue weighted by Gasteiger charge is -2.27. The zero-order valence-corrected chi connectivity index (χ0v) is 17.4. The van der Waals surface area contributed by atoms with Crippen molar-refractivity contribution in [2.75, 3.05) is 26.3 Å². The van der Waals surface area contributed by atoms with Crippen LogP contribution >= 0.6 is 15.9 Å². The molecule has 146 valence electrons. The smallest absolute Gasteiger partial charge is 0.133 e. The maximum Gasteiger partial charge on any atom is 0.133 e. The lowest BCUT2D eigenvalue weighted by molar-refractivity contribution is 0.0312. The van der Waals surface area contributed by atoms with Crippen LogP contribution in [-0.2, 0) is 11.3 Å². The number of para-hydroxylation sites is 1. The molecule has 0 bridgehead atoms. The minimum atomic E-state index is -0.566. The third-order valence-electron chi connectivity index (χ3n) is 4.75. The summed E-state index contributed by atoms with van der Waals surface area (Å²) in [5.74, 6) is 0.751. The SMILES string of the molecule is Cc1ccc(CN(CC(O)COc2ccccc2Br)CC2CCCO2)cc1. The second-order valence-electron chi connectivity index (χ2n) is 7.21. The first-order chi connectivity index (χ1) is 13.1. The van der Waals surface area contributed by atoms with Gasteiger partial charge in [0.15, 0.2) is 0 Å². The van der Waals surface area contributed by atoms with Crippen molar-refractivity contribution in [3.05, 3.63) is 64.1 Å². The van der Waals surface area contributed by atoms with Gasteiger partial charge in [0, 0.05) is 26.2 Å². The molecule has 3 rings (SSSR count). The van der Waals surface area contributed by atoms with E-state index in [1.54, 1.807) is 0 Å². The summed E-state index contributed by atoms with van der Waals surface area (Å²) < 4.78 is 12.5. The monoisotopic (exact) mass is 433 g/mol. The molecule has 2 unspecified atom stereocenters. The standard InChI is InChI=1S/C22H28BrNO3/c1-17-8-10-18(11-9-17)13-24(15-20-5-4-12-26-20)14-19(25)16-27-22-7-3-2-6-21(22)23/h2-3,6-11,19-20,25H,4-5,12-16H2,1H3. The minimum Gasteiger partial charge on any atom is -0.490 e. The Kier molecular flexibility index (Phi) is 7.70. The average molecular weight is 434 g/mol. The Bertz CT molecular complexity index is 701. The molecule has 4 nitrogen and oxygen atoms in total. The number of rotatable bonds is 9. The molecule has 2 aromatic rings. The van der Waals surface area contributed by atoms with Gasteiger partial charge < -0.3 is 14.6 Å². The Labute approximate surface area is 170 Å². The van der Waals surface area contributed by atoms with Crippen LogP contribution in [0.2, 0.25) is 0 Å². The van der Waals surface area contributed by atoms with Crippen LogP contribution < -0.4 is 4.74 Å². The molecule has 2 aromatic carbocycles. The first kappa shape index (κ1) is 20.3. The topological polar surface area (TPSA) is 41.9 Å². The molecule has 0 aliphatic carbocycles. The third kappa shape index (κ3) is 6.61. The van der Waals surface area contributed by atoms with E-state index in [1.807, 2.05) is 24.3 Å². The number of aliphatic hydroxyl groups excluding tert-OH is 1. The summed E-state index contributed by atoms with van der Waals surface area (Å²) in [5.41, 5.74) is 2.50. The number of hydrogen-bond donors (Lipinski definition) is 1. The Balaban J connectivity index is 1.57. The quantitative estimate of drug-likeness (QED) is 0.643. The van der Waals surface area contributed by atoms with E-state index in [0.29, 0.717) is 6.54 Å². The largest absolute Gasteiger partial charge is 0.490 e. The Hall–Kier alpha value is -1.40. The molecule has 1 fully saturated rings. The summed E-state index contributed by atoms with van der Waals surface area (Å²) in [6.07, 6.45) is 1.90. The third-order valence-corrected chi connectivity index (χ3v) is 5.40. The fraction of sp³-hybridized carbons (Fsp3) is 0.455. The fourth-order valence-corrected chi connectivity index (χ4v) is 3.73. The van der Waals surface area contributed by atoms with Crippen molar-refractivity contribution < 1.29 is 14.6 Å². The van der Waals surface area contributed by atoms with Gasteiger partial charge in [-0.3, -0.25) is 4.90 Å². The number of nitrogens with zero attached hydrogens (tertiary/aromatic N) is 1. The van der Waals surface area contributed by atoms with E-state index in [2.05, 4.69) is 52.0 Å². The van der Waals surface area contributed by atoms with E-state index < -0.39 is 6.10 Å². The van der Waals surface area contributed by atoms with Crippen LogP contribution in [0.25, 0.3) is 0 Å². The lowest BCUT2D eigenvalue weighted by Crippen LogP contribution is -2.39. The molecule has 5 heteroatoms. The van der Waals surface area contributed by atoms with Crippen molar-refractivity contribution >= 4 is 15.9 Å². The number of benzene rings is 2. The molecule has 1 heterocycles. The molecule has 0 radical (unpaired) electrons. The fourth-order valence-electron chi connectivity index (χ4n) is 3.33. The molecular weight excluding hydrogens is 406 g/mol. The van der Waals surface area contributed by atoms with Crippen LogP contribution in [-0.4, -0.2) is 48.5 Å². The maximum absolute atomic E-state index is 10.5. The van der Waals surface area contributed by atoms with E-state index in [0.717, 1.165) is 42.8 Å². The van der Waals surface area contributed by atoms with E-state index in [9.17, 15) is 5.11 Å². The molecule has 1 N–H and O–H groups in total. The Morgan fingerprint density at radius 3 is 2.70 bits per heavy atom. The van der Waals surface area contributed by atoms with Gasteiger partial charge in [0.1, 0.15) is 18.5 Å². The second-order valence-corrected chi connectivity index (χ2v) is 8.06. The van der Waals surface area contributed by atoms with Gasteiger partial charge in [0.25, 0.3) is 0 Å². The van der Waals surface area contributed by atoms with Gasteiger partial charge in [-0.15, -0.1) is 0 Å². The zero-order valence-electron chi connectivity index (χ0n) is 15.8. The number of hydrogen-bond acceptors (Lipinski definition) is 4. The molecule has 0 aromatic heterocycles. The predicted molar refractivity (Wildman–Crippen MR) is 111 cm³/mol. The van der Waals surface area contributed by atoms with Crippen LogP contribution in [0.3, 0.4) is 0 Å². The highest BCUT2D eigenvalue weighted by molar-refractivity contribution is 9.10. The molecule has 27 heavy (non-hydrogen) atoms. The lowest BCUT2D eigenvalue weighted by atomic mass is 10.1. The first-order valence-electron chi connectivity index (χ1n) is 9.55. The summed E-state index contributed by atoms with van der Waals surface area (Å²) >= 11 is 3.47.